The van der Waals surface area contributed by atoms with Crippen molar-refractivity contribution in [2.24, 2.45) is 0 Å². The lowest BCUT2D eigenvalue weighted by Crippen LogP contribution is -2.31. The van der Waals surface area contributed by atoms with Gasteiger partial charge in [-0.15, -0.1) is 0 Å². The number of carbonyl (C=O) groups excluding carboxylic acids is 2. The Kier molecular flexibility index (Phi) is 6.49. The Bertz CT molecular complexity index is 1100. The fourth-order valence-corrected chi connectivity index (χ4v) is 4.03. The minimum absolute atomic E-state index is 0.0310. The predicted octanol–water partition coefficient (Wildman–Crippen LogP) is 4.53. The Labute approximate surface area is 186 Å². The molecule has 8 heteroatoms. The Morgan fingerprint density at radius 3 is 2.59 bits per heavy atom. The minimum Gasteiger partial charge on any atom is -0.507 e. The summed E-state index contributed by atoms with van der Waals surface area (Å²) in [5.74, 6) is 0.0176. The number of aromatic hydroxyl groups is 1. The lowest BCUT2D eigenvalue weighted by Gasteiger charge is -2.11. The van der Waals surface area contributed by atoms with Gasteiger partial charge in [0.1, 0.15) is 5.75 Å². The van der Waals surface area contributed by atoms with Gasteiger partial charge in [-0.3, -0.25) is 9.78 Å². The number of hydrogen-bond donors (Lipinski definition) is 3. The number of rotatable bonds is 6. The lowest BCUT2D eigenvalue weighted by molar-refractivity contribution is 0.102. The molecule has 1 saturated carbocycles. The first kappa shape index (κ1) is 21.5. The van der Waals surface area contributed by atoms with E-state index in [2.05, 4.69) is 20.7 Å². The third-order valence-electron chi connectivity index (χ3n) is 5.70. The van der Waals surface area contributed by atoms with Crippen molar-refractivity contribution in [1.82, 2.24) is 20.1 Å². The molecule has 2 amide bonds. The highest BCUT2D eigenvalue weighted by molar-refractivity contribution is 6.04. The van der Waals surface area contributed by atoms with E-state index in [4.69, 9.17) is 0 Å². The zero-order valence-corrected chi connectivity index (χ0v) is 18.0. The summed E-state index contributed by atoms with van der Waals surface area (Å²) in [6, 6.07) is 9.68. The first-order valence-corrected chi connectivity index (χ1v) is 11.0. The number of phenolic OH excluding ortho intramolecular Hbond substituents is 1. The van der Waals surface area contributed by atoms with Crippen LogP contribution in [-0.4, -0.2) is 38.4 Å². The molecule has 0 saturated heterocycles. The topological polar surface area (TPSA) is 109 Å². The lowest BCUT2D eigenvalue weighted by atomic mass is 10.0. The maximum absolute atomic E-state index is 12.7. The summed E-state index contributed by atoms with van der Waals surface area (Å²) in [7, 11) is 0. The molecule has 0 radical (unpaired) electrons. The number of amides is 2. The number of phenols is 1. The Morgan fingerprint density at radius 1 is 1.12 bits per heavy atom. The van der Waals surface area contributed by atoms with E-state index in [0.717, 1.165) is 37.8 Å². The van der Waals surface area contributed by atoms with Gasteiger partial charge in [-0.05, 0) is 55.7 Å². The maximum atomic E-state index is 12.7. The van der Waals surface area contributed by atoms with Crippen LogP contribution < -0.4 is 10.6 Å². The van der Waals surface area contributed by atoms with Gasteiger partial charge in [0.05, 0.1) is 11.4 Å². The molecule has 0 bridgehead atoms. The zero-order valence-electron chi connectivity index (χ0n) is 18.0. The summed E-state index contributed by atoms with van der Waals surface area (Å²) in [4.78, 5) is 29.2. The molecule has 4 rings (SSSR count). The normalized spacial score (nSPS) is 13.8. The summed E-state index contributed by atoms with van der Waals surface area (Å²) >= 11 is 0. The van der Waals surface area contributed by atoms with Gasteiger partial charge in [-0.2, -0.15) is 9.78 Å². The molecule has 0 aliphatic heterocycles. The Morgan fingerprint density at radius 2 is 1.88 bits per heavy atom. The van der Waals surface area contributed by atoms with Crippen molar-refractivity contribution in [3.8, 4) is 17.0 Å². The molecule has 1 fully saturated rings. The van der Waals surface area contributed by atoms with E-state index in [0.29, 0.717) is 29.1 Å². The molecule has 32 heavy (non-hydrogen) atoms. The highest BCUT2D eigenvalue weighted by Gasteiger charge is 2.26. The van der Waals surface area contributed by atoms with Crippen LogP contribution in [0.2, 0.25) is 0 Å². The number of anilines is 1. The minimum atomic E-state index is -0.278. The van der Waals surface area contributed by atoms with E-state index in [1.54, 1.807) is 36.7 Å². The molecule has 3 aromatic rings. The second kappa shape index (κ2) is 9.64. The second-order valence-corrected chi connectivity index (χ2v) is 8.00. The van der Waals surface area contributed by atoms with Gasteiger partial charge in [-0.25, -0.2) is 4.79 Å². The molecule has 1 aromatic carbocycles. The molecule has 0 unspecified atom stereocenters. The Hall–Kier alpha value is -3.68. The molecular weight excluding hydrogens is 406 g/mol. The quantitative estimate of drug-likeness (QED) is 0.495. The van der Waals surface area contributed by atoms with Crippen LogP contribution >= 0.6 is 0 Å². The van der Waals surface area contributed by atoms with Crippen LogP contribution in [0.15, 0.2) is 48.8 Å². The number of aromatic nitrogens is 3. The Balaban J connectivity index is 1.65. The molecule has 166 valence electrons. The van der Waals surface area contributed by atoms with Gasteiger partial charge in [-0.1, -0.05) is 19.8 Å². The van der Waals surface area contributed by atoms with Crippen LogP contribution in [0, 0.1) is 0 Å². The van der Waals surface area contributed by atoms with E-state index in [1.165, 1.54) is 10.7 Å². The van der Waals surface area contributed by atoms with E-state index < -0.39 is 0 Å². The van der Waals surface area contributed by atoms with Crippen LogP contribution in [0.3, 0.4) is 0 Å². The van der Waals surface area contributed by atoms with E-state index in [1.807, 2.05) is 13.0 Å². The number of hydrogen-bond acceptors (Lipinski definition) is 5. The number of pyridine rings is 1. The summed E-state index contributed by atoms with van der Waals surface area (Å²) in [6.07, 6.45) is 8.22. The van der Waals surface area contributed by atoms with Crippen molar-refractivity contribution < 1.29 is 14.7 Å². The number of nitrogens with zero attached hydrogens (tertiary/aromatic N) is 3. The van der Waals surface area contributed by atoms with E-state index in [-0.39, 0.29) is 23.6 Å². The molecule has 1 aliphatic rings. The first-order valence-electron chi connectivity index (χ1n) is 11.0. The van der Waals surface area contributed by atoms with Crippen molar-refractivity contribution in [2.75, 3.05) is 11.9 Å². The fourth-order valence-electron chi connectivity index (χ4n) is 4.03. The van der Waals surface area contributed by atoms with E-state index >= 15 is 0 Å². The monoisotopic (exact) mass is 433 g/mol. The molecular formula is C24H27N5O3. The summed E-state index contributed by atoms with van der Waals surface area (Å²) < 4.78 is 1.43. The highest BCUT2D eigenvalue weighted by atomic mass is 16.3. The molecule has 2 heterocycles. The van der Waals surface area contributed by atoms with Gasteiger partial charge in [0.15, 0.2) is 0 Å². The van der Waals surface area contributed by atoms with Crippen LogP contribution in [0.1, 0.15) is 61.0 Å². The number of carbonyl (C=O) groups is 2. The summed E-state index contributed by atoms with van der Waals surface area (Å²) in [5.41, 5.74) is 2.81. The molecule has 0 atom stereocenters. The van der Waals surface area contributed by atoms with E-state index in [9.17, 15) is 14.7 Å². The first-order chi connectivity index (χ1) is 15.6. The van der Waals surface area contributed by atoms with Gasteiger partial charge in [0, 0.05) is 41.7 Å². The molecule has 8 nitrogen and oxygen atoms in total. The van der Waals surface area contributed by atoms with Crippen LogP contribution in [0.4, 0.5) is 10.5 Å². The predicted molar refractivity (Wildman–Crippen MR) is 122 cm³/mol. The molecule has 1 aliphatic carbocycles. The maximum Gasteiger partial charge on any atom is 0.342 e. The highest BCUT2D eigenvalue weighted by Crippen LogP contribution is 2.38. The van der Waals surface area contributed by atoms with Crippen LogP contribution in [0.5, 0.6) is 5.75 Å². The smallest absolute Gasteiger partial charge is 0.342 e. The van der Waals surface area contributed by atoms with Gasteiger partial charge in [0.2, 0.25) is 0 Å². The van der Waals surface area contributed by atoms with Crippen molar-refractivity contribution in [1.29, 1.82) is 0 Å². The fraction of sp³-hybridized carbons (Fsp3) is 0.333. The van der Waals surface area contributed by atoms with Gasteiger partial charge < -0.3 is 15.7 Å². The van der Waals surface area contributed by atoms with Crippen LogP contribution in [-0.2, 0) is 0 Å². The summed E-state index contributed by atoms with van der Waals surface area (Å²) in [6.45, 7) is 2.57. The zero-order chi connectivity index (χ0) is 22.5. The molecule has 0 spiro atoms. The standard InChI is InChI=1S/C24H27N5O3/c1-2-11-26-24(32)29-21(16-5-3-4-6-16)15-20(28-29)19-14-18(7-8-22(19)30)27-23(31)17-9-12-25-13-10-17/h7-10,12-16,30H,2-6,11H2,1H3,(H,26,32)(H,27,31). The molecule has 2 aromatic heterocycles. The summed E-state index contributed by atoms with van der Waals surface area (Å²) in [5, 5.41) is 20.8. The second-order valence-electron chi connectivity index (χ2n) is 8.00. The van der Waals surface area contributed by atoms with Gasteiger partial charge >= 0.3 is 6.03 Å². The average molecular weight is 434 g/mol. The third kappa shape index (κ3) is 4.64. The average Bonchev–Trinajstić information content (AvgIpc) is 3.49. The van der Waals surface area contributed by atoms with Gasteiger partial charge in [0.25, 0.3) is 5.91 Å². The SMILES string of the molecule is CCCNC(=O)n1nc(-c2cc(NC(=O)c3ccncc3)ccc2O)cc1C1CCCC1. The van der Waals surface area contributed by atoms with Crippen molar-refractivity contribution in [3.63, 3.8) is 0 Å². The van der Waals surface area contributed by atoms with Crippen LogP contribution in [0.25, 0.3) is 11.3 Å². The number of nitrogens with one attached hydrogen (secondary N) is 2. The largest absolute Gasteiger partial charge is 0.507 e. The molecule has 3 N–H and O–H groups in total. The van der Waals surface area contributed by atoms with Crippen molar-refractivity contribution in [2.45, 2.75) is 44.9 Å². The van der Waals surface area contributed by atoms with Crippen molar-refractivity contribution >= 4 is 17.6 Å². The number of benzene rings is 1. The third-order valence-corrected chi connectivity index (χ3v) is 5.70. The van der Waals surface area contributed by atoms with Crippen molar-refractivity contribution in [3.05, 3.63) is 60.0 Å².